The third-order valence-electron chi connectivity index (χ3n) is 2.38. The molecule has 1 aromatic heterocycles. The molecular weight excluding hydrogens is 228 g/mol. The Hall–Kier alpha value is -1.43. The summed E-state index contributed by atoms with van der Waals surface area (Å²) in [7, 11) is 1.51. The monoisotopic (exact) mass is 245 g/mol. The topological polar surface area (TPSA) is 48.4 Å². The van der Waals surface area contributed by atoms with Crippen LogP contribution in [-0.4, -0.2) is 36.3 Å². The highest BCUT2D eigenvalue weighted by Crippen LogP contribution is 2.23. The van der Waals surface area contributed by atoms with Gasteiger partial charge in [0.15, 0.2) is 23.3 Å². The fraction of sp³-hybridized carbons (Fsp3) is 0.545. The van der Waals surface area contributed by atoms with Crippen molar-refractivity contribution >= 4 is 11.6 Å². The fourth-order valence-corrected chi connectivity index (χ4v) is 1.55. The molecule has 0 unspecified atom stereocenters. The Morgan fingerprint density at radius 3 is 2.53 bits per heavy atom. The maximum atomic E-state index is 13.6. The zero-order valence-electron chi connectivity index (χ0n) is 10.2. The van der Waals surface area contributed by atoms with Gasteiger partial charge in [-0.2, -0.15) is 0 Å². The molecule has 96 valence electrons. The predicted octanol–water partition coefficient (Wildman–Crippen LogP) is 1.61. The Morgan fingerprint density at radius 1 is 1.41 bits per heavy atom. The van der Waals surface area contributed by atoms with Gasteiger partial charge in [0.2, 0.25) is 0 Å². The second-order valence-corrected chi connectivity index (χ2v) is 3.88. The molecule has 0 aliphatic rings. The number of aliphatic hydroxyl groups is 1. The number of nitrogens with one attached hydrogen (secondary N) is 1. The van der Waals surface area contributed by atoms with Crippen molar-refractivity contribution in [3.8, 4) is 0 Å². The van der Waals surface area contributed by atoms with Gasteiger partial charge >= 0.3 is 0 Å². The van der Waals surface area contributed by atoms with E-state index in [4.69, 9.17) is 5.11 Å². The van der Waals surface area contributed by atoms with Crippen LogP contribution in [0.1, 0.15) is 13.8 Å². The minimum Gasteiger partial charge on any atom is -0.395 e. The van der Waals surface area contributed by atoms with Crippen LogP contribution in [0.5, 0.6) is 0 Å². The molecule has 0 amide bonds. The van der Waals surface area contributed by atoms with E-state index in [0.29, 0.717) is 0 Å². The second-order valence-electron chi connectivity index (χ2n) is 3.88. The molecule has 0 saturated carbocycles. The average Bonchev–Trinajstić information content (AvgIpc) is 2.26. The van der Waals surface area contributed by atoms with Crippen molar-refractivity contribution in [3.63, 3.8) is 0 Å². The van der Waals surface area contributed by atoms with Crippen LogP contribution < -0.4 is 10.2 Å². The van der Waals surface area contributed by atoms with E-state index in [-0.39, 0.29) is 30.8 Å². The van der Waals surface area contributed by atoms with Crippen molar-refractivity contribution in [3.05, 3.63) is 17.7 Å². The second kappa shape index (κ2) is 5.77. The lowest BCUT2D eigenvalue weighted by molar-refractivity contribution is 0.298. The zero-order valence-corrected chi connectivity index (χ0v) is 10.2. The van der Waals surface area contributed by atoms with Crippen LogP contribution >= 0.6 is 0 Å². The lowest BCUT2D eigenvalue weighted by Gasteiger charge is -2.27. The third kappa shape index (κ3) is 3.03. The molecule has 0 saturated heterocycles. The number of aliphatic hydroxyl groups excluding tert-OH is 1. The van der Waals surface area contributed by atoms with Gasteiger partial charge in [0.25, 0.3) is 0 Å². The molecule has 1 aromatic rings. The number of hydrogen-bond acceptors (Lipinski definition) is 4. The van der Waals surface area contributed by atoms with Crippen LogP contribution in [0.4, 0.5) is 20.4 Å². The molecule has 0 atom stereocenters. The van der Waals surface area contributed by atoms with Gasteiger partial charge in [-0.15, -0.1) is 0 Å². The molecule has 1 heterocycles. The predicted molar refractivity (Wildman–Crippen MR) is 63.3 cm³/mol. The highest BCUT2D eigenvalue weighted by atomic mass is 19.1. The number of halogens is 2. The standard InChI is InChI=1S/C11H17F2N3O/c1-7(2)16(4-5-17)11-9(13)6-8(12)10(14-3)15-11/h6-7,17H,4-5H2,1-3H3,(H,14,15). The molecule has 4 nitrogen and oxygen atoms in total. The molecule has 17 heavy (non-hydrogen) atoms. The van der Waals surface area contributed by atoms with Crippen LogP contribution in [0.3, 0.4) is 0 Å². The smallest absolute Gasteiger partial charge is 0.168 e. The lowest BCUT2D eigenvalue weighted by Crippen LogP contribution is -2.35. The van der Waals surface area contributed by atoms with Gasteiger partial charge in [-0.25, -0.2) is 13.8 Å². The summed E-state index contributed by atoms with van der Waals surface area (Å²) in [5.74, 6) is -1.44. The first kappa shape index (κ1) is 13.6. The van der Waals surface area contributed by atoms with Crippen LogP contribution in [0, 0.1) is 11.6 Å². The number of rotatable bonds is 5. The first-order valence-corrected chi connectivity index (χ1v) is 5.42. The van der Waals surface area contributed by atoms with Crippen molar-refractivity contribution in [1.82, 2.24) is 4.98 Å². The highest BCUT2D eigenvalue weighted by molar-refractivity contribution is 5.49. The van der Waals surface area contributed by atoms with E-state index in [0.717, 1.165) is 6.07 Å². The minimum absolute atomic E-state index is 0.00927. The summed E-state index contributed by atoms with van der Waals surface area (Å²) in [6, 6.07) is 0.750. The molecule has 6 heteroatoms. The van der Waals surface area contributed by atoms with E-state index in [2.05, 4.69) is 10.3 Å². The molecule has 0 aliphatic carbocycles. The summed E-state index contributed by atoms with van der Waals surface area (Å²) in [6.07, 6.45) is 0. The van der Waals surface area contributed by atoms with Gasteiger partial charge in [-0.1, -0.05) is 0 Å². The van der Waals surface area contributed by atoms with Crippen molar-refractivity contribution in [1.29, 1.82) is 0 Å². The van der Waals surface area contributed by atoms with Gasteiger partial charge in [0.05, 0.1) is 6.61 Å². The summed E-state index contributed by atoms with van der Waals surface area (Å²) in [6.45, 7) is 3.82. The highest BCUT2D eigenvalue weighted by Gasteiger charge is 2.18. The van der Waals surface area contributed by atoms with Gasteiger partial charge in [-0.3, -0.25) is 0 Å². The Labute approximate surface area is 99.3 Å². The fourth-order valence-electron chi connectivity index (χ4n) is 1.55. The number of anilines is 2. The van der Waals surface area contributed by atoms with E-state index in [9.17, 15) is 8.78 Å². The molecule has 0 bridgehead atoms. The number of pyridine rings is 1. The van der Waals surface area contributed by atoms with Gasteiger partial charge in [0.1, 0.15) is 0 Å². The molecule has 0 aliphatic heterocycles. The number of hydrogen-bond donors (Lipinski definition) is 2. The van der Waals surface area contributed by atoms with Crippen molar-refractivity contribution < 1.29 is 13.9 Å². The summed E-state index contributed by atoms with van der Waals surface area (Å²) in [4.78, 5) is 5.46. The van der Waals surface area contributed by atoms with Crippen LogP contribution in [0.15, 0.2) is 6.07 Å². The summed E-state index contributed by atoms with van der Waals surface area (Å²) >= 11 is 0. The lowest BCUT2D eigenvalue weighted by atomic mass is 10.3. The zero-order chi connectivity index (χ0) is 13.0. The van der Waals surface area contributed by atoms with E-state index in [1.807, 2.05) is 13.8 Å². The summed E-state index contributed by atoms with van der Waals surface area (Å²) < 4.78 is 26.9. The maximum absolute atomic E-state index is 13.6. The number of nitrogens with zero attached hydrogens (tertiary/aromatic N) is 2. The molecule has 1 rings (SSSR count). The van der Waals surface area contributed by atoms with Crippen LogP contribution in [0.25, 0.3) is 0 Å². The first-order chi connectivity index (χ1) is 8.01. The molecular formula is C11H17F2N3O. The molecule has 0 spiro atoms. The normalized spacial score (nSPS) is 10.8. The number of aromatic nitrogens is 1. The molecule has 2 N–H and O–H groups in total. The molecule has 0 radical (unpaired) electrons. The third-order valence-corrected chi connectivity index (χ3v) is 2.38. The Balaban J connectivity index is 3.18. The van der Waals surface area contributed by atoms with Gasteiger partial charge in [-0.05, 0) is 13.8 Å². The van der Waals surface area contributed by atoms with Crippen LogP contribution in [0.2, 0.25) is 0 Å². The van der Waals surface area contributed by atoms with E-state index in [1.165, 1.54) is 7.05 Å². The van der Waals surface area contributed by atoms with Crippen molar-refractivity contribution in [2.24, 2.45) is 0 Å². The summed E-state index contributed by atoms with van der Waals surface area (Å²) in [5.41, 5.74) is 0. The summed E-state index contributed by atoms with van der Waals surface area (Å²) in [5, 5.41) is 11.5. The van der Waals surface area contributed by atoms with E-state index in [1.54, 1.807) is 4.90 Å². The van der Waals surface area contributed by atoms with E-state index < -0.39 is 11.6 Å². The largest absolute Gasteiger partial charge is 0.395 e. The Kier molecular flexibility index (Phi) is 4.62. The average molecular weight is 245 g/mol. The quantitative estimate of drug-likeness (QED) is 0.827. The molecule has 0 aromatic carbocycles. The Bertz CT molecular complexity index is 385. The van der Waals surface area contributed by atoms with Gasteiger partial charge in [0, 0.05) is 25.7 Å². The van der Waals surface area contributed by atoms with Crippen molar-refractivity contribution in [2.45, 2.75) is 19.9 Å². The minimum atomic E-state index is -0.735. The van der Waals surface area contributed by atoms with Crippen molar-refractivity contribution in [2.75, 3.05) is 30.4 Å². The maximum Gasteiger partial charge on any atom is 0.168 e. The van der Waals surface area contributed by atoms with E-state index >= 15 is 0 Å². The van der Waals surface area contributed by atoms with Gasteiger partial charge < -0.3 is 15.3 Å². The SMILES string of the molecule is CNc1nc(N(CCO)C(C)C)c(F)cc1F. The molecule has 0 fully saturated rings. The Morgan fingerprint density at radius 2 is 2.06 bits per heavy atom. The first-order valence-electron chi connectivity index (χ1n) is 5.42. The van der Waals surface area contributed by atoms with Crippen LogP contribution in [-0.2, 0) is 0 Å².